The van der Waals surface area contributed by atoms with Crippen LogP contribution in [0.4, 0.5) is 5.69 Å². The third-order valence-corrected chi connectivity index (χ3v) is 2.25. The molecule has 2 rings (SSSR count). The van der Waals surface area contributed by atoms with Gasteiger partial charge in [0.25, 0.3) is 5.91 Å². The van der Waals surface area contributed by atoms with E-state index in [1.165, 1.54) is 12.0 Å². The fourth-order valence-electron chi connectivity index (χ4n) is 1.34. The summed E-state index contributed by atoms with van der Waals surface area (Å²) in [6.45, 7) is 6.26. The van der Waals surface area contributed by atoms with Crippen molar-refractivity contribution in [2.45, 2.75) is 27.2 Å². The van der Waals surface area contributed by atoms with Crippen molar-refractivity contribution in [3.63, 3.8) is 0 Å². The second-order valence-electron chi connectivity index (χ2n) is 4.26. The average molecular weight is 256 g/mol. The Morgan fingerprint density at radius 3 is 2.11 bits per heavy atom. The molecule has 1 heterocycles. The molecule has 0 atom stereocenters. The molecule has 0 aliphatic rings. The van der Waals surface area contributed by atoms with Gasteiger partial charge in [0.05, 0.1) is 0 Å². The highest BCUT2D eigenvalue weighted by Crippen LogP contribution is 2.10. The first kappa shape index (κ1) is 14.9. The van der Waals surface area contributed by atoms with E-state index < -0.39 is 0 Å². The first-order valence-electron chi connectivity index (χ1n) is 6.45. The second-order valence-corrected chi connectivity index (χ2v) is 4.26. The van der Waals surface area contributed by atoms with Gasteiger partial charge in [0.15, 0.2) is 0 Å². The van der Waals surface area contributed by atoms with Crippen LogP contribution in [-0.2, 0) is 0 Å². The van der Waals surface area contributed by atoms with Crippen LogP contribution in [0.15, 0.2) is 48.8 Å². The number of carbonyl (C=O) groups is 1. The van der Waals surface area contributed by atoms with Crippen molar-refractivity contribution < 1.29 is 4.79 Å². The summed E-state index contributed by atoms with van der Waals surface area (Å²) in [4.78, 5) is 15.6. The van der Waals surface area contributed by atoms with Gasteiger partial charge < -0.3 is 5.32 Å². The van der Waals surface area contributed by atoms with Crippen LogP contribution in [0.2, 0.25) is 0 Å². The molecular weight excluding hydrogens is 236 g/mol. The zero-order valence-corrected chi connectivity index (χ0v) is 11.7. The van der Waals surface area contributed by atoms with E-state index in [2.05, 4.69) is 24.1 Å². The summed E-state index contributed by atoms with van der Waals surface area (Å²) in [7, 11) is 0. The molecule has 0 spiro atoms. The minimum atomic E-state index is -0.119. The maximum Gasteiger partial charge on any atom is 0.255 e. The quantitative estimate of drug-likeness (QED) is 0.880. The number of pyridine rings is 1. The lowest BCUT2D eigenvalue weighted by molar-refractivity contribution is 0.102. The predicted octanol–water partition coefficient (Wildman–Crippen LogP) is 4.06. The van der Waals surface area contributed by atoms with Gasteiger partial charge in [-0.2, -0.15) is 0 Å². The van der Waals surface area contributed by atoms with E-state index in [-0.39, 0.29) is 5.91 Å². The van der Waals surface area contributed by atoms with E-state index in [9.17, 15) is 4.79 Å². The van der Waals surface area contributed by atoms with Crippen molar-refractivity contribution in [2.75, 3.05) is 5.32 Å². The molecule has 100 valence electrons. The van der Waals surface area contributed by atoms with Crippen LogP contribution in [0, 0.1) is 6.92 Å². The van der Waals surface area contributed by atoms with E-state index in [1.807, 2.05) is 31.2 Å². The Bertz CT molecular complexity index is 492. The largest absolute Gasteiger partial charge is 0.322 e. The fourth-order valence-corrected chi connectivity index (χ4v) is 1.34. The minimum absolute atomic E-state index is 0.119. The molecule has 0 aliphatic heterocycles. The third kappa shape index (κ3) is 5.34. The highest BCUT2D eigenvalue weighted by Gasteiger charge is 2.04. The Morgan fingerprint density at radius 2 is 1.58 bits per heavy atom. The van der Waals surface area contributed by atoms with Gasteiger partial charge in [0, 0.05) is 23.6 Å². The van der Waals surface area contributed by atoms with E-state index >= 15 is 0 Å². The SMILES string of the molecule is CCC.Cc1ccc(NC(=O)c2ccncc2)cc1. The van der Waals surface area contributed by atoms with Crippen LogP contribution in [-0.4, -0.2) is 10.9 Å². The lowest BCUT2D eigenvalue weighted by Gasteiger charge is -2.04. The third-order valence-electron chi connectivity index (χ3n) is 2.25. The Kier molecular flexibility index (Phi) is 6.30. The van der Waals surface area contributed by atoms with E-state index in [1.54, 1.807) is 24.5 Å². The molecular formula is C16H20N2O. The smallest absolute Gasteiger partial charge is 0.255 e. The number of anilines is 1. The van der Waals surface area contributed by atoms with Crippen molar-refractivity contribution in [3.05, 3.63) is 59.9 Å². The number of hydrogen-bond acceptors (Lipinski definition) is 2. The molecule has 0 aliphatic carbocycles. The molecule has 0 saturated heterocycles. The van der Waals surface area contributed by atoms with E-state index in [0.29, 0.717) is 5.56 Å². The molecule has 0 saturated carbocycles. The molecule has 0 fully saturated rings. The number of nitrogens with zero attached hydrogens (tertiary/aromatic N) is 1. The first-order chi connectivity index (χ1) is 9.17. The highest BCUT2D eigenvalue weighted by molar-refractivity contribution is 6.04. The monoisotopic (exact) mass is 256 g/mol. The lowest BCUT2D eigenvalue weighted by Crippen LogP contribution is -2.11. The molecule has 3 nitrogen and oxygen atoms in total. The predicted molar refractivity (Wildman–Crippen MR) is 79.3 cm³/mol. The minimum Gasteiger partial charge on any atom is -0.322 e. The maximum atomic E-state index is 11.8. The number of nitrogens with one attached hydrogen (secondary N) is 1. The number of benzene rings is 1. The topological polar surface area (TPSA) is 42.0 Å². The molecule has 1 aromatic heterocycles. The summed E-state index contributed by atoms with van der Waals surface area (Å²) in [5.74, 6) is -0.119. The summed E-state index contributed by atoms with van der Waals surface area (Å²) >= 11 is 0. The summed E-state index contributed by atoms with van der Waals surface area (Å²) < 4.78 is 0. The van der Waals surface area contributed by atoms with Crippen LogP contribution in [0.3, 0.4) is 0 Å². The average Bonchev–Trinajstić information content (AvgIpc) is 2.43. The molecule has 1 N–H and O–H groups in total. The number of amides is 1. The van der Waals surface area contributed by atoms with E-state index in [4.69, 9.17) is 0 Å². The summed E-state index contributed by atoms with van der Waals surface area (Å²) in [6, 6.07) is 11.1. The van der Waals surface area contributed by atoms with E-state index in [0.717, 1.165) is 5.69 Å². The molecule has 0 bridgehead atoms. The molecule has 1 amide bonds. The van der Waals surface area contributed by atoms with Crippen molar-refractivity contribution >= 4 is 11.6 Å². The Balaban J connectivity index is 0.000000550. The fraction of sp³-hybridized carbons (Fsp3) is 0.250. The van der Waals surface area contributed by atoms with Crippen molar-refractivity contribution in [3.8, 4) is 0 Å². The summed E-state index contributed by atoms with van der Waals surface area (Å²) in [5, 5.41) is 2.82. The highest BCUT2D eigenvalue weighted by atomic mass is 16.1. The summed E-state index contributed by atoms with van der Waals surface area (Å²) in [5.41, 5.74) is 2.57. The molecule has 19 heavy (non-hydrogen) atoms. The van der Waals surface area contributed by atoms with Gasteiger partial charge in [-0.3, -0.25) is 9.78 Å². The van der Waals surface area contributed by atoms with Crippen molar-refractivity contribution in [1.29, 1.82) is 0 Å². The number of rotatable bonds is 2. The Hall–Kier alpha value is -2.16. The number of aromatic nitrogens is 1. The van der Waals surface area contributed by atoms with Crippen LogP contribution < -0.4 is 5.32 Å². The Labute approximate surface area is 114 Å². The second kappa shape index (κ2) is 8.03. The standard InChI is InChI=1S/C13H12N2O.C3H8/c1-10-2-4-12(5-3-10)15-13(16)11-6-8-14-9-7-11;1-3-2/h2-9H,1H3,(H,15,16);3H2,1-2H3. The van der Waals surface area contributed by atoms with Gasteiger partial charge in [0.1, 0.15) is 0 Å². The van der Waals surface area contributed by atoms with Crippen LogP contribution in [0.1, 0.15) is 36.2 Å². The zero-order valence-electron chi connectivity index (χ0n) is 11.7. The van der Waals surface area contributed by atoms with Gasteiger partial charge in [-0.05, 0) is 31.2 Å². The van der Waals surface area contributed by atoms with Crippen molar-refractivity contribution in [2.24, 2.45) is 0 Å². The molecule has 3 heteroatoms. The van der Waals surface area contributed by atoms with Gasteiger partial charge in [0.2, 0.25) is 0 Å². The lowest BCUT2D eigenvalue weighted by atomic mass is 10.2. The maximum absolute atomic E-state index is 11.8. The van der Waals surface area contributed by atoms with Crippen molar-refractivity contribution in [1.82, 2.24) is 4.98 Å². The normalized spacial score (nSPS) is 9.21. The molecule has 0 unspecified atom stereocenters. The number of carbonyl (C=O) groups excluding carboxylic acids is 1. The first-order valence-corrected chi connectivity index (χ1v) is 6.45. The Morgan fingerprint density at radius 1 is 1.05 bits per heavy atom. The van der Waals surface area contributed by atoms with Crippen LogP contribution in [0.25, 0.3) is 0 Å². The summed E-state index contributed by atoms with van der Waals surface area (Å²) in [6.07, 6.45) is 4.45. The van der Waals surface area contributed by atoms with Crippen LogP contribution in [0.5, 0.6) is 0 Å². The molecule has 0 radical (unpaired) electrons. The molecule has 1 aromatic carbocycles. The van der Waals surface area contributed by atoms with Gasteiger partial charge in [-0.15, -0.1) is 0 Å². The van der Waals surface area contributed by atoms with Gasteiger partial charge in [-0.1, -0.05) is 38.0 Å². The van der Waals surface area contributed by atoms with Gasteiger partial charge >= 0.3 is 0 Å². The number of aryl methyl sites for hydroxylation is 1. The van der Waals surface area contributed by atoms with Gasteiger partial charge in [-0.25, -0.2) is 0 Å². The number of hydrogen-bond donors (Lipinski definition) is 1. The van der Waals surface area contributed by atoms with Crippen LogP contribution >= 0.6 is 0 Å². The zero-order chi connectivity index (χ0) is 14.1. The molecule has 2 aromatic rings.